The smallest absolute Gasteiger partial charge is 0.253 e. The monoisotopic (exact) mass is 260 g/mol. The molecule has 0 aliphatic carbocycles. The SMILES string of the molecule is O=c1ccncn1CC(O)c1ccc2c(c1)OCO2. The third-order valence-corrected chi connectivity index (χ3v) is 2.94. The fourth-order valence-corrected chi connectivity index (χ4v) is 1.93. The average Bonchev–Trinajstić information content (AvgIpc) is 2.88. The van der Waals surface area contributed by atoms with Crippen molar-refractivity contribution in [3.05, 3.63) is 52.7 Å². The minimum atomic E-state index is -0.809. The quantitative estimate of drug-likeness (QED) is 0.879. The zero-order valence-electron chi connectivity index (χ0n) is 10.0. The first-order chi connectivity index (χ1) is 9.24. The highest BCUT2D eigenvalue weighted by atomic mass is 16.7. The van der Waals surface area contributed by atoms with Crippen molar-refractivity contribution in [1.82, 2.24) is 9.55 Å². The molecule has 1 aliphatic rings. The number of aliphatic hydroxyl groups excluding tert-OH is 1. The van der Waals surface area contributed by atoms with Crippen molar-refractivity contribution >= 4 is 0 Å². The first kappa shape index (κ1) is 11.7. The molecule has 1 unspecified atom stereocenters. The molecule has 2 heterocycles. The van der Waals surface area contributed by atoms with Crippen LogP contribution >= 0.6 is 0 Å². The van der Waals surface area contributed by atoms with Crippen LogP contribution in [0.1, 0.15) is 11.7 Å². The summed E-state index contributed by atoms with van der Waals surface area (Å²) in [5, 5.41) is 10.1. The summed E-state index contributed by atoms with van der Waals surface area (Å²) in [5.74, 6) is 1.27. The van der Waals surface area contributed by atoms with Gasteiger partial charge in [0.05, 0.1) is 19.0 Å². The lowest BCUT2D eigenvalue weighted by Gasteiger charge is -2.12. The Kier molecular flexibility index (Phi) is 2.92. The van der Waals surface area contributed by atoms with E-state index in [1.165, 1.54) is 23.2 Å². The number of fused-ring (bicyclic) bond motifs is 1. The third-order valence-electron chi connectivity index (χ3n) is 2.94. The maximum atomic E-state index is 11.5. The molecule has 0 saturated heterocycles. The Hall–Kier alpha value is -2.34. The Labute approximate surface area is 108 Å². The fourth-order valence-electron chi connectivity index (χ4n) is 1.93. The molecule has 0 bridgehead atoms. The van der Waals surface area contributed by atoms with Crippen molar-refractivity contribution in [3.8, 4) is 11.5 Å². The number of ether oxygens (including phenoxy) is 2. The number of hydrogen-bond acceptors (Lipinski definition) is 5. The minimum absolute atomic E-state index is 0.145. The topological polar surface area (TPSA) is 73.6 Å². The average molecular weight is 260 g/mol. The van der Waals surface area contributed by atoms with E-state index in [1.54, 1.807) is 18.2 Å². The Morgan fingerprint density at radius 1 is 1.32 bits per heavy atom. The predicted octanol–water partition coefficient (Wildman–Crippen LogP) is 0.706. The molecule has 3 rings (SSSR count). The van der Waals surface area contributed by atoms with Crippen LogP contribution in [0.5, 0.6) is 11.5 Å². The highest BCUT2D eigenvalue weighted by Gasteiger charge is 2.17. The van der Waals surface area contributed by atoms with Crippen molar-refractivity contribution in [2.24, 2.45) is 0 Å². The molecule has 0 fully saturated rings. The second-order valence-electron chi connectivity index (χ2n) is 4.20. The van der Waals surface area contributed by atoms with E-state index in [1.807, 2.05) is 0 Å². The van der Waals surface area contributed by atoms with E-state index in [-0.39, 0.29) is 18.9 Å². The Morgan fingerprint density at radius 3 is 3.00 bits per heavy atom. The van der Waals surface area contributed by atoms with Gasteiger partial charge in [0.2, 0.25) is 6.79 Å². The highest BCUT2D eigenvalue weighted by molar-refractivity contribution is 5.45. The molecule has 0 saturated carbocycles. The van der Waals surface area contributed by atoms with Crippen molar-refractivity contribution in [2.45, 2.75) is 12.6 Å². The van der Waals surface area contributed by atoms with Crippen LogP contribution in [0.4, 0.5) is 0 Å². The van der Waals surface area contributed by atoms with Gasteiger partial charge < -0.3 is 14.6 Å². The summed E-state index contributed by atoms with van der Waals surface area (Å²) in [4.78, 5) is 15.4. The van der Waals surface area contributed by atoms with Gasteiger partial charge in [-0.25, -0.2) is 4.98 Å². The van der Waals surface area contributed by atoms with Gasteiger partial charge in [-0.1, -0.05) is 6.07 Å². The second-order valence-corrected chi connectivity index (χ2v) is 4.20. The number of hydrogen-bond donors (Lipinski definition) is 1. The van der Waals surface area contributed by atoms with E-state index in [2.05, 4.69) is 4.98 Å². The van der Waals surface area contributed by atoms with Crippen molar-refractivity contribution in [3.63, 3.8) is 0 Å². The molecule has 2 aromatic rings. The Morgan fingerprint density at radius 2 is 2.16 bits per heavy atom. The van der Waals surface area contributed by atoms with Crippen LogP contribution < -0.4 is 15.0 Å². The zero-order valence-corrected chi connectivity index (χ0v) is 10.0. The first-order valence-corrected chi connectivity index (χ1v) is 5.82. The molecule has 0 amide bonds. The van der Waals surface area contributed by atoms with Gasteiger partial charge >= 0.3 is 0 Å². The summed E-state index contributed by atoms with van der Waals surface area (Å²) in [5.41, 5.74) is 0.467. The van der Waals surface area contributed by atoms with Crippen LogP contribution in [0.15, 0.2) is 41.6 Å². The van der Waals surface area contributed by atoms with Crippen molar-refractivity contribution in [2.75, 3.05) is 6.79 Å². The minimum Gasteiger partial charge on any atom is -0.454 e. The van der Waals surface area contributed by atoms with E-state index in [4.69, 9.17) is 9.47 Å². The van der Waals surface area contributed by atoms with Gasteiger partial charge in [-0.2, -0.15) is 0 Å². The summed E-state index contributed by atoms with van der Waals surface area (Å²) in [6, 6.07) is 6.56. The van der Waals surface area contributed by atoms with E-state index in [9.17, 15) is 9.90 Å². The maximum Gasteiger partial charge on any atom is 0.253 e. The van der Waals surface area contributed by atoms with Gasteiger partial charge in [0.25, 0.3) is 5.56 Å². The van der Waals surface area contributed by atoms with Crippen molar-refractivity contribution in [1.29, 1.82) is 0 Å². The lowest BCUT2D eigenvalue weighted by Crippen LogP contribution is -2.22. The summed E-state index contributed by atoms with van der Waals surface area (Å²) in [6.07, 6.45) is 2.01. The molecule has 1 N–H and O–H groups in total. The number of nitrogens with zero attached hydrogens (tertiary/aromatic N) is 2. The normalized spacial score (nSPS) is 14.4. The van der Waals surface area contributed by atoms with Gasteiger partial charge in [0.15, 0.2) is 11.5 Å². The van der Waals surface area contributed by atoms with Gasteiger partial charge in [-0.3, -0.25) is 9.36 Å². The van der Waals surface area contributed by atoms with E-state index in [0.29, 0.717) is 17.1 Å². The molecule has 1 aromatic heterocycles. The lowest BCUT2D eigenvalue weighted by molar-refractivity contribution is 0.153. The zero-order chi connectivity index (χ0) is 13.2. The maximum absolute atomic E-state index is 11.5. The molecule has 1 atom stereocenters. The molecular formula is C13H12N2O4. The van der Waals surface area contributed by atoms with Crippen LogP contribution in [0.2, 0.25) is 0 Å². The van der Waals surface area contributed by atoms with Gasteiger partial charge in [0.1, 0.15) is 0 Å². The largest absolute Gasteiger partial charge is 0.454 e. The van der Waals surface area contributed by atoms with Crippen LogP contribution in [0, 0.1) is 0 Å². The Bertz CT molecular complexity index is 653. The van der Waals surface area contributed by atoms with Gasteiger partial charge in [-0.15, -0.1) is 0 Å². The molecule has 1 aliphatic heterocycles. The van der Waals surface area contributed by atoms with Crippen LogP contribution in [0.25, 0.3) is 0 Å². The predicted molar refractivity (Wildman–Crippen MR) is 66.0 cm³/mol. The Balaban J connectivity index is 1.83. The molecular weight excluding hydrogens is 248 g/mol. The van der Waals surface area contributed by atoms with Crippen LogP contribution in [0.3, 0.4) is 0 Å². The molecule has 19 heavy (non-hydrogen) atoms. The van der Waals surface area contributed by atoms with Crippen LogP contribution in [-0.4, -0.2) is 21.5 Å². The molecule has 0 spiro atoms. The van der Waals surface area contributed by atoms with E-state index < -0.39 is 6.10 Å². The summed E-state index contributed by atoms with van der Waals surface area (Å²) >= 11 is 0. The highest BCUT2D eigenvalue weighted by Crippen LogP contribution is 2.34. The summed E-state index contributed by atoms with van der Waals surface area (Å²) in [6.45, 7) is 0.337. The third kappa shape index (κ3) is 2.30. The number of rotatable bonds is 3. The van der Waals surface area contributed by atoms with E-state index >= 15 is 0 Å². The first-order valence-electron chi connectivity index (χ1n) is 5.82. The van der Waals surface area contributed by atoms with Crippen molar-refractivity contribution < 1.29 is 14.6 Å². The summed E-state index contributed by atoms with van der Waals surface area (Å²) in [7, 11) is 0. The molecule has 1 aromatic carbocycles. The number of aromatic nitrogens is 2. The standard InChI is InChI=1S/C13H12N2O4/c16-10(6-15-7-14-4-3-13(15)17)9-1-2-11-12(5-9)19-8-18-11/h1-5,7,10,16H,6,8H2. The van der Waals surface area contributed by atoms with Crippen LogP contribution in [-0.2, 0) is 6.54 Å². The molecule has 98 valence electrons. The molecule has 6 nitrogen and oxygen atoms in total. The van der Waals surface area contributed by atoms with Gasteiger partial charge in [-0.05, 0) is 17.7 Å². The molecule has 6 heteroatoms. The summed E-state index contributed by atoms with van der Waals surface area (Å²) < 4.78 is 11.8. The van der Waals surface area contributed by atoms with E-state index in [0.717, 1.165) is 0 Å². The number of aliphatic hydroxyl groups is 1. The lowest BCUT2D eigenvalue weighted by atomic mass is 10.1. The van der Waals surface area contributed by atoms with Gasteiger partial charge in [0, 0.05) is 12.3 Å². The molecule has 0 radical (unpaired) electrons. The fraction of sp³-hybridized carbons (Fsp3) is 0.231. The second kappa shape index (κ2) is 4.74. The number of benzene rings is 1.